The molecule has 8 bridgehead atoms. The molecule has 12 nitrogen and oxygen atoms in total. The maximum Gasteiger partial charge on any atom is 0.0737 e. The topological polar surface area (TPSA) is 131 Å². The van der Waals surface area contributed by atoms with Crippen molar-refractivity contribution in [3.8, 4) is 44.5 Å². The van der Waals surface area contributed by atoms with Crippen molar-refractivity contribution in [1.29, 1.82) is 0 Å². The monoisotopic (exact) mass is 1280 g/mol. The normalized spacial score (nSPS) is 12.2. The van der Waals surface area contributed by atoms with Crippen LogP contribution in [0.25, 0.3) is 90.9 Å². The standard InChI is InChI=1S/C60H58Br4N4O8/c1-69-25-37-17-33(18-38(26-70-2)57(37)61)53-45-9-11-47(65-45)54(34-19-39(27-71-3)58(62)40(20-34)28-72-4)49-13-15-51(67-49)56(36-23-43(31-75-7)60(64)44(24-36)32-76-8)52-16-14-50(68-52)55(48-12-10-46(53)66-48)35-21-41(29-73-5)59(63)42(22-35)30-74-6/h9-24,65,68H,25-32H2,1-8H3. The molecule has 0 saturated heterocycles. The van der Waals surface area contributed by atoms with Gasteiger partial charge in [0.05, 0.1) is 75.6 Å². The molecule has 3 aromatic heterocycles. The van der Waals surface area contributed by atoms with Crippen molar-refractivity contribution in [2.45, 2.75) is 52.9 Å². The lowest BCUT2D eigenvalue weighted by molar-refractivity contribution is 0.179. The van der Waals surface area contributed by atoms with Crippen LogP contribution in [0.2, 0.25) is 0 Å². The van der Waals surface area contributed by atoms with Gasteiger partial charge in [0, 0.05) is 119 Å². The van der Waals surface area contributed by atoms with Gasteiger partial charge in [0.15, 0.2) is 0 Å². The third-order valence-electron chi connectivity index (χ3n) is 13.2. The van der Waals surface area contributed by atoms with Crippen molar-refractivity contribution in [1.82, 2.24) is 19.9 Å². The molecule has 76 heavy (non-hydrogen) atoms. The number of halogens is 4. The maximum atomic E-state index is 5.77. The van der Waals surface area contributed by atoms with Gasteiger partial charge in [-0.1, -0.05) is 63.7 Å². The van der Waals surface area contributed by atoms with Crippen molar-refractivity contribution < 1.29 is 37.9 Å². The molecule has 0 amide bonds. The number of methoxy groups -OCH3 is 8. The minimum absolute atomic E-state index is 0.374. The number of fused-ring (bicyclic) bond motifs is 8. The molecule has 2 N–H and O–H groups in total. The number of benzene rings is 4. The van der Waals surface area contributed by atoms with Crippen molar-refractivity contribution >= 4 is 110 Å². The van der Waals surface area contributed by atoms with E-state index in [9.17, 15) is 0 Å². The molecule has 9 rings (SSSR count). The SMILES string of the molecule is COCc1cc(-c2c3nc(c(-c4cc(COC)c(Br)c(COC)c4)c4ccc([nH]4)c(-c4cc(COC)c(Br)c(COC)c4)c4nc(c(-c5cc(COC)c(Br)c(COC)c5)c5ccc2[nH]5)C=C4)C=C3)cc(COC)c1Br. The minimum Gasteiger partial charge on any atom is -0.380 e. The van der Waals surface area contributed by atoms with Gasteiger partial charge in [-0.05, 0) is 164 Å². The highest BCUT2D eigenvalue weighted by atomic mass is 79.9. The van der Waals surface area contributed by atoms with Crippen LogP contribution in [0.4, 0.5) is 0 Å². The first kappa shape index (κ1) is 55.8. The molecular weight excluding hydrogens is 1220 g/mol. The van der Waals surface area contributed by atoms with Crippen LogP contribution in [-0.2, 0) is 90.7 Å². The van der Waals surface area contributed by atoms with Gasteiger partial charge in [0.25, 0.3) is 0 Å². The summed E-state index contributed by atoms with van der Waals surface area (Å²) in [5.41, 5.74) is 21.3. The molecule has 0 fully saturated rings. The van der Waals surface area contributed by atoms with Gasteiger partial charge in [-0.15, -0.1) is 0 Å². The fraction of sp³-hybridized carbons (Fsp3) is 0.267. The molecule has 2 aliphatic rings. The average Bonchev–Trinajstić information content (AvgIpc) is 4.31. The molecule has 0 radical (unpaired) electrons. The van der Waals surface area contributed by atoms with E-state index in [4.69, 9.17) is 47.9 Å². The lowest BCUT2D eigenvalue weighted by Crippen LogP contribution is -1.99. The summed E-state index contributed by atoms with van der Waals surface area (Å²) in [6.45, 7) is 2.99. The summed E-state index contributed by atoms with van der Waals surface area (Å²) in [5.74, 6) is 0. The zero-order valence-electron chi connectivity index (χ0n) is 43.6. The molecule has 0 saturated carbocycles. The summed E-state index contributed by atoms with van der Waals surface area (Å²) in [6, 6.07) is 25.8. The first-order valence-corrected chi connectivity index (χ1v) is 27.5. The Hall–Kier alpha value is -4.92. The molecule has 0 aliphatic carbocycles. The van der Waals surface area contributed by atoms with Gasteiger partial charge in [-0.2, -0.15) is 0 Å². The van der Waals surface area contributed by atoms with E-state index in [0.29, 0.717) is 52.9 Å². The van der Waals surface area contributed by atoms with Gasteiger partial charge in [0.2, 0.25) is 0 Å². The number of ether oxygens (including phenoxy) is 8. The van der Waals surface area contributed by atoms with Gasteiger partial charge in [-0.3, -0.25) is 0 Å². The van der Waals surface area contributed by atoms with Crippen molar-refractivity contribution in [2.75, 3.05) is 56.9 Å². The van der Waals surface area contributed by atoms with Gasteiger partial charge in [-0.25, -0.2) is 9.97 Å². The van der Waals surface area contributed by atoms with E-state index >= 15 is 0 Å². The highest BCUT2D eigenvalue weighted by Gasteiger charge is 2.24. The fourth-order valence-electron chi connectivity index (χ4n) is 10.1. The zero-order chi connectivity index (χ0) is 53.6. The van der Waals surface area contributed by atoms with Crippen LogP contribution in [0.3, 0.4) is 0 Å². The summed E-state index contributed by atoms with van der Waals surface area (Å²) in [7, 11) is 13.6. The quantitative estimate of drug-likeness (QED) is 0.0760. The smallest absolute Gasteiger partial charge is 0.0737 e. The van der Waals surface area contributed by atoms with Crippen LogP contribution in [-0.4, -0.2) is 76.8 Å². The Morgan fingerprint density at radius 3 is 0.632 bits per heavy atom. The Morgan fingerprint density at radius 2 is 0.474 bits per heavy atom. The predicted molar refractivity (Wildman–Crippen MR) is 317 cm³/mol. The Morgan fingerprint density at radius 1 is 0.303 bits per heavy atom. The molecule has 4 aromatic carbocycles. The minimum atomic E-state index is 0.374. The van der Waals surface area contributed by atoms with Crippen LogP contribution in [0.5, 0.6) is 0 Å². The van der Waals surface area contributed by atoms with Crippen LogP contribution < -0.4 is 0 Å². The fourth-order valence-corrected chi connectivity index (χ4v) is 11.9. The Bertz CT molecular complexity index is 3010. The third kappa shape index (κ3) is 11.5. The number of H-pyrrole nitrogens is 2. The molecule has 16 heteroatoms. The summed E-state index contributed by atoms with van der Waals surface area (Å²) < 4.78 is 49.9. The molecule has 0 spiro atoms. The second-order valence-electron chi connectivity index (χ2n) is 18.4. The first-order chi connectivity index (χ1) is 37.0. The van der Waals surface area contributed by atoms with Crippen LogP contribution in [0, 0.1) is 0 Å². The molecular formula is C60H58Br4N4O8. The maximum absolute atomic E-state index is 5.77. The van der Waals surface area contributed by atoms with Crippen LogP contribution in [0.1, 0.15) is 67.3 Å². The largest absolute Gasteiger partial charge is 0.380 e. The van der Waals surface area contributed by atoms with Crippen molar-refractivity contribution in [3.05, 3.63) is 158 Å². The van der Waals surface area contributed by atoms with E-state index in [1.54, 1.807) is 56.9 Å². The van der Waals surface area contributed by atoms with E-state index in [2.05, 4.69) is 171 Å². The second kappa shape index (κ2) is 25.3. The lowest BCUT2D eigenvalue weighted by Gasteiger charge is -2.15. The third-order valence-corrected chi connectivity index (χ3v) is 17.3. The van der Waals surface area contributed by atoms with Crippen molar-refractivity contribution in [2.24, 2.45) is 0 Å². The van der Waals surface area contributed by atoms with E-state index in [0.717, 1.165) is 152 Å². The molecule has 0 atom stereocenters. The van der Waals surface area contributed by atoms with Crippen molar-refractivity contribution in [3.63, 3.8) is 0 Å². The van der Waals surface area contributed by atoms with E-state index in [1.165, 1.54) is 0 Å². The molecule has 7 aromatic rings. The molecule has 2 aliphatic heterocycles. The number of aromatic nitrogens is 4. The lowest BCUT2D eigenvalue weighted by atomic mass is 9.98. The van der Waals surface area contributed by atoms with E-state index in [1.807, 2.05) is 0 Å². The second-order valence-corrected chi connectivity index (χ2v) is 21.6. The highest BCUT2D eigenvalue weighted by Crippen LogP contribution is 2.43. The number of hydrogen-bond donors (Lipinski definition) is 2. The summed E-state index contributed by atoms with van der Waals surface area (Å²) >= 11 is 15.5. The van der Waals surface area contributed by atoms with Gasteiger partial charge in [0.1, 0.15) is 0 Å². The van der Waals surface area contributed by atoms with Gasteiger partial charge < -0.3 is 47.9 Å². The molecule has 394 valence electrons. The van der Waals surface area contributed by atoms with E-state index in [-0.39, 0.29) is 0 Å². The average molecular weight is 1280 g/mol. The number of hydrogen-bond acceptors (Lipinski definition) is 10. The van der Waals surface area contributed by atoms with Gasteiger partial charge >= 0.3 is 0 Å². The number of aromatic amines is 2. The molecule has 5 heterocycles. The summed E-state index contributed by atoms with van der Waals surface area (Å²) in [5, 5.41) is 0. The highest BCUT2D eigenvalue weighted by molar-refractivity contribution is 9.11. The Balaban J connectivity index is 1.51. The van der Waals surface area contributed by atoms with Crippen LogP contribution >= 0.6 is 63.7 Å². The number of nitrogens with zero attached hydrogens (tertiary/aromatic N) is 2. The number of nitrogens with one attached hydrogen (secondary N) is 2. The Kier molecular flexibility index (Phi) is 18.5. The predicted octanol–water partition coefficient (Wildman–Crippen LogP) is 15.5. The van der Waals surface area contributed by atoms with E-state index < -0.39 is 0 Å². The zero-order valence-corrected chi connectivity index (χ0v) is 49.9. The first-order valence-electron chi connectivity index (χ1n) is 24.3. The van der Waals surface area contributed by atoms with Crippen LogP contribution in [0.15, 0.2) is 90.7 Å². The Labute approximate surface area is 476 Å². The molecule has 0 unspecified atom stereocenters. The summed E-state index contributed by atoms with van der Waals surface area (Å²) in [4.78, 5) is 19.1. The number of rotatable bonds is 20. The summed E-state index contributed by atoms with van der Waals surface area (Å²) in [6.07, 6.45) is 8.38.